The van der Waals surface area contributed by atoms with E-state index in [1.54, 1.807) is 0 Å². The van der Waals surface area contributed by atoms with E-state index in [2.05, 4.69) is 5.32 Å². The third-order valence-electron chi connectivity index (χ3n) is 3.65. The number of hydrogen-bond donors (Lipinski definition) is 1. The second kappa shape index (κ2) is 4.24. The Morgan fingerprint density at radius 2 is 2.17 bits per heavy atom. The van der Waals surface area contributed by atoms with Gasteiger partial charge in [-0.05, 0) is 30.2 Å². The zero-order valence-electron chi connectivity index (χ0n) is 9.92. The maximum atomic E-state index is 13.6. The van der Waals surface area contributed by atoms with Gasteiger partial charge in [0.15, 0.2) is 0 Å². The van der Waals surface area contributed by atoms with Gasteiger partial charge in [-0.1, -0.05) is 0 Å². The van der Waals surface area contributed by atoms with Crippen LogP contribution in [0.4, 0.5) is 13.2 Å². The summed E-state index contributed by atoms with van der Waals surface area (Å²) in [5.74, 6) is -0.829. The third kappa shape index (κ3) is 1.82. The van der Waals surface area contributed by atoms with Crippen LogP contribution in [0, 0.1) is 5.82 Å². The van der Waals surface area contributed by atoms with Gasteiger partial charge >= 0.3 is 0 Å². The third-order valence-corrected chi connectivity index (χ3v) is 3.65. The monoisotopic (exact) mass is 257 g/mol. The Hall–Kier alpha value is -1.07. The van der Waals surface area contributed by atoms with E-state index in [-0.39, 0.29) is 18.2 Å². The first-order valence-electron chi connectivity index (χ1n) is 6.05. The molecule has 0 aromatic heterocycles. The molecule has 1 fully saturated rings. The van der Waals surface area contributed by atoms with Crippen molar-refractivity contribution >= 4 is 0 Å². The number of morpholine rings is 1. The highest BCUT2D eigenvalue weighted by Crippen LogP contribution is 2.38. The van der Waals surface area contributed by atoms with Crippen LogP contribution in [0.1, 0.15) is 36.1 Å². The molecule has 2 aliphatic rings. The van der Waals surface area contributed by atoms with Crippen LogP contribution in [0.3, 0.4) is 0 Å². The molecule has 0 radical (unpaired) electrons. The molecule has 98 valence electrons. The van der Waals surface area contributed by atoms with Crippen molar-refractivity contribution in [3.05, 3.63) is 34.6 Å². The van der Waals surface area contributed by atoms with Gasteiger partial charge in [-0.25, -0.2) is 13.2 Å². The second-order valence-corrected chi connectivity index (χ2v) is 4.95. The van der Waals surface area contributed by atoms with Gasteiger partial charge in [-0.15, -0.1) is 0 Å². The van der Waals surface area contributed by atoms with Crippen molar-refractivity contribution in [3.8, 4) is 0 Å². The fourth-order valence-corrected chi connectivity index (χ4v) is 2.83. The summed E-state index contributed by atoms with van der Waals surface area (Å²) in [5, 5.41) is 3.28. The van der Waals surface area contributed by atoms with Gasteiger partial charge in [0.2, 0.25) is 0 Å². The van der Waals surface area contributed by atoms with E-state index in [1.165, 1.54) is 12.1 Å². The number of rotatable bonds is 1. The molecular formula is C13H14F3NO. The molecule has 3 atom stereocenters. The van der Waals surface area contributed by atoms with Crippen molar-refractivity contribution in [1.82, 2.24) is 5.32 Å². The molecule has 0 bridgehead atoms. The van der Waals surface area contributed by atoms with Crippen molar-refractivity contribution in [3.63, 3.8) is 0 Å². The van der Waals surface area contributed by atoms with Crippen LogP contribution in [0.15, 0.2) is 12.1 Å². The highest BCUT2D eigenvalue weighted by atomic mass is 19.3. The molecule has 1 aliphatic carbocycles. The number of alkyl halides is 2. The van der Waals surface area contributed by atoms with Crippen molar-refractivity contribution in [2.24, 2.45) is 0 Å². The minimum absolute atomic E-state index is 0.0718. The standard InChI is InChI=1S/C13H14F3NO/c1-6-5-17-12-8-4-10(14)9(13(15)16)2-7(8)3-11(12)18-6/h2,4,6,11-13,17H,3,5H2,1H3/t6?,11-,12+/m1/s1. The summed E-state index contributed by atoms with van der Waals surface area (Å²) in [6.07, 6.45) is -2.18. The van der Waals surface area contributed by atoms with Crippen LogP contribution < -0.4 is 5.32 Å². The van der Waals surface area contributed by atoms with Crippen LogP contribution in [0.2, 0.25) is 0 Å². The summed E-state index contributed by atoms with van der Waals surface area (Å²) < 4.78 is 44.6. The lowest BCUT2D eigenvalue weighted by Gasteiger charge is -2.32. The lowest BCUT2D eigenvalue weighted by atomic mass is 10.0. The highest BCUT2D eigenvalue weighted by Gasteiger charge is 2.38. The van der Waals surface area contributed by atoms with E-state index < -0.39 is 17.8 Å². The van der Waals surface area contributed by atoms with E-state index in [0.29, 0.717) is 13.0 Å². The highest BCUT2D eigenvalue weighted by molar-refractivity contribution is 5.41. The van der Waals surface area contributed by atoms with Crippen LogP contribution in [-0.2, 0) is 11.2 Å². The minimum atomic E-state index is -2.77. The molecule has 1 unspecified atom stereocenters. The smallest absolute Gasteiger partial charge is 0.266 e. The molecule has 0 amide bonds. The first kappa shape index (κ1) is 12.0. The number of nitrogens with one attached hydrogen (secondary N) is 1. The quantitative estimate of drug-likeness (QED) is 0.835. The van der Waals surface area contributed by atoms with Crippen LogP contribution in [0.5, 0.6) is 0 Å². The minimum Gasteiger partial charge on any atom is -0.372 e. The molecule has 5 heteroatoms. The zero-order chi connectivity index (χ0) is 12.9. The number of fused-ring (bicyclic) bond motifs is 3. The molecule has 3 rings (SSSR count). The molecule has 1 aliphatic heterocycles. The summed E-state index contributed by atoms with van der Waals surface area (Å²) >= 11 is 0. The molecule has 1 aromatic carbocycles. The fraction of sp³-hybridized carbons (Fsp3) is 0.538. The Morgan fingerprint density at radius 3 is 2.89 bits per heavy atom. The van der Waals surface area contributed by atoms with Gasteiger partial charge in [0, 0.05) is 13.0 Å². The Kier molecular flexibility index (Phi) is 2.83. The van der Waals surface area contributed by atoms with Gasteiger partial charge in [0.05, 0.1) is 23.8 Å². The van der Waals surface area contributed by atoms with Crippen LogP contribution >= 0.6 is 0 Å². The zero-order valence-corrected chi connectivity index (χ0v) is 9.92. The van der Waals surface area contributed by atoms with Gasteiger partial charge in [-0.3, -0.25) is 0 Å². The molecule has 0 spiro atoms. The van der Waals surface area contributed by atoms with Crippen molar-refractivity contribution in [1.29, 1.82) is 0 Å². The number of halogens is 3. The van der Waals surface area contributed by atoms with Crippen LogP contribution in [-0.4, -0.2) is 18.8 Å². The second-order valence-electron chi connectivity index (χ2n) is 4.95. The molecule has 1 N–H and O–H groups in total. The predicted octanol–water partition coefficient (Wildman–Crippen LogP) is 2.74. The Bertz CT molecular complexity index is 478. The molecule has 2 nitrogen and oxygen atoms in total. The van der Waals surface area contributed by atoms with Gasteiger partial charge < -0.3 is 10.1 Å². The Labute approximate surface area is 103 Å². The summed E-state index contributed by atoms with van der Waals surface area (Å²) in [4.78, 5) is 0. The van der Waals surface area contributed by atoms with Crippen molar-refractivity contribution in [2.75, 3.05) is 6.54 Å². The van der Waals surface area contributed by atoms with Crippen molar-refractivity contribution < 1.29 is 17.9 Å². The van der Waals surface area contributed by atoms with E-state index in [1.807, 2.05) is 6.92 Å². The largest absolute Gasteiger partial charge is 0.372 e. The average molecular weight is 257 g/mol. The molecule has 1 heterocycles. The summed E-state index contributed by atoms with van der Waals surface area (Å²) in [7, 11) is 0. The number of benzene rings is 1. The SMILES string of the molecule is CC1CN[C@H]2c3cc(F)c(C(F)F)cc3C[C@H]2O1. The van der Waals surface area contributed by atoms with Gasteiger partial charge in [-0.2, -0.15) is 0 Å². The van der Waals surface area contributed by atoms with E-state index in [0.717, 1.165) is 11.1 Å². The van der Waals surface area contributed by atoms with E-state index in [9.17, 15) is 13.2 Å². The fourth-order valence-electron chi connectivity index (χ4n) is 2.83. The maximum Gasteiger partial charge on any atom is 0.266 e. The first-order chi connectivity index (χ1) is 8.56. The first-order valence-corrected chi connectivity index (χ1v) is 6.05. The Balaban J connectivity index is 1.97. The van der Waals surface area contributed by atoms with Gasteiger partial charge in [0.25, 0.3) is 6.43 Å². The topological polar surface area (TPSA) is 21.3 Å². The van der Waals surface area contributed by atoms with E-state index in [4.69, 9.17) is 4.74 Å². The van der Waals surface area contributed by atoms with Crippen molar-refractivity contribution in [2.45, 2.75) is 38.0 Å². The Morgan fingerprint density at radius 1 is 1.39 bits per heavy atom. The average Bonchev–Trinajstić information content (AvgIpc) is 2.64. The molecule has 1 aromatic rings. The summed E-state index contributed by atoms with van der Waals surface area (Å²) in [6.45, 7) is 2.65. The number of hydrogen-bond acceptors (Lipinski definition) is 2. The lowest BCUT2D eigenvalue weighted by molar-refractivity contribution is -0.0469. The lowest BCUT2D eigenvalue weighted by Crippen LogP contribution is -2.44. The summed E-state index contributed by atoms with van der Waals surface area (Å²) in [5.41, 5.74) is 1.01. The summed E-state index contributed by atoms with van der Waals surface area (Å²) in [6, 6.07) is 2.44. The van der Waals surface area contributed by atoms with E-state index >= 15 is 0 Å². The molecule has 1 saturated heterocycles. The van der Waals surface area contributed by atoms with Gasteiger partial charge in [0.1, 0.15) is 5.82 Å². The molecule has 0 saturated carbocycles. The normalized spacial score (nSPS) is 30.4. The predicted molar refractivity (Wildman–Crippen MR) is 60.1 cm³/mol. The van der Waals surface area contributed by atoms with Crippen LogP contribution in [0.25, 0.3) is 0 Å². The molecule has 18 heavy (non-hydrogen) atoms. The number of ether oxygens (including phenoxy) is 1. The molecular weight excluding hydrogens is 243 g/mol. The maximum absolute atomic E-state index is 13.6.